The van der Waals surface area contributed by atoms with Crippen molar-refractivity contribution in [1.82, 2.24) is 20.0 Å². The van der Waals surface area contributed by atoms with E-state index in [1.165, 1.54) is 18.4 Å². The highest BCUT2D eigenvalue weighted by atomic mass is 15.3. The van der Waals surface area contributed by atoms with E-state index < -0.39 is 0 Å². The number of aryl methyl sites for hydroxylation is 1. The average Bonchev–Trinajstić information content (AvgIpc) is 2.80. The van der Waals surface area contributed by atoms with Crippen LogP contribution in [0.4, 0.5) is 0 Å². The molecule has 1 unspecified atom stereocenters. The van der Waals surface area contributed by atoms with Gasteiger partial charge in [-0.1, -0.05) is 6.92 Å². The first-order chi connectivity index (χ1) is 8.65. The lowest BCUT2D eigenvalue weighted by Crippen LogP contribution is -2.34. The molecule has 0 radical (unpaired) electrons. The van der Waals surface area contributed by atoms with Gasteiger partial charge in [0.1, 0.15) is 0 Å². The fourth-order valence-electron chi connectivity index (χ4n) is 2.01. The van der Waals surface area contributed by atoms with Gasteiger partial charge in [-0.25, -0.2) is 0 Å². The lowest BCUT2D eigenvalue weighted by molar-refractivity contribution is 0.356. The summed E-state index contributed by atoms with van der Waals surface area (Å²) >= 11 is 0. The highest BCUT2D eigenvalue weighted by molar-refractivity contribution is 5.06. The monoisotopic (exact) mass is 252 g/mol. The van der Waals surface area contributed by atoms with Gasteiger partial charge in [0.25, 0.3) is 0 Å². The third-order valence-corrected chi connectivity index (χ3v) is 3.10. The van der Waals surface area contributed by atoms with E-state index in [0.717, 1.165) is 26.1 Å². The van der Waals surface area contributed by atoms with Crippen LogP contribution in [0.15, 0.2) is 12.4 Å². The molecule has 104 valence electrons. The predicted molar refractivity (Wildman–Crippen MR) is 76.9 cm³/mol. The predicted octanol–water partition coefficient (Wildman–Crippen LogP) is 1.77. The van der Waals surface area contributed by atoms with Crippen LogP contribution >= 0.6 is 0 Å². The maximum Gasteiger partial charge on any atom is 0.0522 e. The molecule has 0 fully saturated rings. The molecule has 1 rings (SSSR count). The standard InChI is InChI=1S/C14H28N4/c1-5-8-15-14(7-9-17(3)4)10-13-11-16-18(6-2)12-13/h11-12,14-15H,5-10H2,1-4H3. The number of aromatic nitrogens is 2. The van der Waals surface area contributed by atoms with Gasteiger partial charge >= 0.3 is 0 Å². The van der Waals surface area contributed by atoms with Crippen molar-refractivity contribution < 1.29 is 0 Å². The zero-order chi connectivity index (χ0) is 13.4. The van der Waals surface area contributed by atoms with Crippen molar-refractivity contribution in [1.29, 1.82) is 0 Å². The summed E-state index contributed by atoms with van der Waals surface area (Å²) in [7, 11) is 4.26. The van der Waals surface area contributed by atoms with Crippen LogP contribution in [0.2, 0.25) is 0 Å². The van der Waals surface area contributed by atoms with Gasteiger partial charge in [0.05, 0.1) is 6.20 Å². The Labute approximate surface area is 111 Å². The molecule has 4 heteroatoms. The SMILES string of the molecule is CCCNC(CCN(C)C)Cc1cnn(CC)c1. The van der Waals surface area contributed by atoms with Gasteiger partial charge in [0.2, 0.25) is 0 Å². The molecular weight excluding hydrogens is 224 g/mol. The van der Waals surface area contributed by atoms with E-state index in [1.807, 2.05) is 10.9 Å². The van der Waals surface area contributed by atoms with Gasteiger partial charge in [-0.3, -0.25) is 4.68 Å². The highest BCUT2D eigenvalue weighted by Crippen LogP contribution is 2.06. The van der Waals surface area contributed by atoms with Crippen molar-refractivity contribution in [2.24, 2.45) is 0 Å². The smallest absolute Gasteiger partial charge is 0.0522 e. The first kappa shape index (κ1) is 15.2. The summed E-state index contributed by atoms with van der Waals surface area (Å²) in [5.74, 6) is 0. The lowest BCUT2D eigenvalue weighted by atomic mass is 10.1. The minimum atomic E-state index is 0.557. The van der Waals surface area contributed by atoms with Gasteiger partial charge in [-0.05, 0) is 58.9 Å². The van der Waals surface area contributed by atoms with E-state index in [4.69, 9.17) is 0 Å². The third kappa shape index (κ3) is 5.65. The Morgan fingerprint density at radius 3 is 2.72 bits per heavy atom. The molecule has 1 N–H and O–H groups in total. The van der Waals surface area contributed by atoms with Crippen LogP contribution < -0.4 is 5.32 Å². The maximum atomic E-state index is 4.34. The largest absolute Gasteiger partial charge is 0.314 e. The van der Waals surface area contributed by atoms with E-state index in [1.54, 1.807) is 0 Å². The Bertz CT molecular complexity index is 319. The molecule has 0 aliphatic carbocycles. The fourth-order valence-corrected chi connectivity index (χ4v) is 2.01. The zero-order valence-electron chi connectivity index (χ0n) is 12.3. The van der Waals surface area contributed by atoms with Crippen LogP contribution in [0.25, 0.3) is 0 Å². The molecule has 0 saturated heterocycles. The summed E-state index contributed by atoms with van der Waals surface area (Å²) in [4.78, 5) is 2.25. The average molecular weight is 252 g/mol. The van der Waals surface area contributed by atoms with Gasteiger partial charge < -0.3 is 10.2 Å². The second-order valence-corrected chi connectivity index (χ2v) is 5.15. The van der Waals surface area contributed by atoms with E-state index in [9.17, 15) is 0 Å². The van der Waals surface area contributed by atoms with Crippen molar-refractivity contribution in [3.8, 4) is 0 Å². The van der Waals surface area contributed by atoms with Crippen LogP contribution in [-0.4, -0.2) is 47.9 Å². The minimum absolute atomic E-state index is 0.557. The zero-order valence-corrected chi connectivity index (χ0v) is 12.3. The number of nitrogens with one attached hydrogen (secondary N) is 1. The normalized spacial score (nSPS) is 13.2. The molecular formula is C14H28N4. The van der Waals surface area contributed by atoms with E-state index in [-0.39, 0.29) is 0 Å². The molecule has 1 aromatic rings. The van der Waals surface area contributed by atoms with Crippen molar-refractivity contribution in [3.63, 3.8) is 0 Å². The summed E-state index contributed by atoms with van der Waals surface area (Å²) in [5, 5.41) is 7.98. The molecule has 0 saturated carbocycles. The lowest BCUT2D eigenvalue weighted by Gasteiger charge is -2.20. The Balaban J connectivity index is 2.47. The van der Waals surface area contributed by atoms with Crippen LogP contribution in [0.1, 0.15) is 32.3 Å². The summed E-state index contributed by atoms with van der Waals surface area (Å²) in [6.07, 6.45) is 7.61. The van der Waals surface area contributed by atoms with Gasteiger partial charge in [0, 0.05) is 18.8 Å². The second kappa shape index (κ2) is 8.27. The fraction of sp³-hybridized carbons (Fsp3) is 0.786. The molecule has 0 bridgehead atoms. The van der Waals surface area contributed by atoms with Crippen molar-refractivity contribution in [3.05, 3.63) is 18.0 Å². The molecule has 0 spiro atoms. The van der Waals surface area contributed by atoms with E-state index >= 15 is 0 Å². The molecule has 1 heterocycles. The topological polar surface area (TPSA) is 33.1 Å². The van der Waals surface area contributed by atoms with Crippen molar-refractivity contribution in [2.45, 2.75) is 45.7 Å². The van der Waals surface area contributed by atoms with E-state index in [2.05, 4.69) is 49.5 Å². The number of rotatable bonds is 9. The summed E-state index contributed by atoms with van der Waals surface area (Å²) in [6.45, 7) is 7.51. The Morgan fingerprint density at radius 1 is 1.39 bits per heavy atom. The molecule has 0 aromatic carbocycles. The molecule has 1 atom stereocenters. The van der Waals surface area contributed by atoms with Crippen molar-refractivity contribution >= 4 is 0 Å². The number of hydrogen-bond acceptors (Lipinski definition) is 3. The van der Waals surface area contributed by atoms with Crippen LogP contribution in [0, 0.1) is 0 Å². The Hall–Kier alpha value is -0.870. The van der Waals surface area contributed by atoms with Gasteiger partial charge in [-0.15, -0.1) is 0 Å². The second-order valence-electron chi connectivity index (χ2n) is 5.15. The summed E-state index contributed by atoms with van der Waals surface area (Å²) in [6, 6.07) is 0.557. The molecule has 0 amide bonds. The van der Waals surface area contributed by atoms with Crippen molar-refractivity contribution in [2.75, 3.05) is 27.2 Å². The molecule has 1 aromatic heterocycles. The minimum Gasteiger partial charge on any atom is -0.314 e. The summed E-state index contributed by atoms with van der Waals surface area (Å²) < 4.78 is 2.00. The summed E-state index contributed by atoms with van der Waals surface area (Å²) in [5.41, 5.74) is 1.34. The highest BCUT2D eigenvalue weighted by Gasteiger charge is 2.10. The van der Waals surface area contributed by atoms with Crippen LogP contribution in [0.5, 0.6) is 0 Å². The third-order valence-electron chi connectivity index (χ3n) is 3.10. The molecule has 0 aliphatic rings. The molecule has 4 nitrogen and oxygen atoms in total. The molecule has 0 aliphatic heterocycles. The number of nitrogens with zero attached hydrogens (tertiary/aromatic N) is 3. The Kier molecular flexibility index (Phi) is 6.98. The first-order valence-electron chi connectivity index (χ1n) is 7.05. The van der Waals surface area contributed by atoms with Crippen LogP contribution in [-0.2, 0) is 13.0 Å². The van der Waals surface area contributed by atoms with Gasteiger partial charge in [0.15, 0.2) is 0 Å². The van der Waals surface area contributed by atoms with Gasteiger partial charge in [-0.2, -0.15) is 5.10 Å². The van der Waals surface area contributed by atoms with Crippen LogP contribution in [0.3, 0.4) is 0 Å². The number of hydrogen-bond donors (Lipinski definition) is 1. The van der Waals surface area contributed by atoms with E-state index in [0.29, 0.717) is 6.04 Å². The Morgan fingerprint density at radius 2 is 2.17 bits per heavy atom. The quantitative estimate of drug-likeness (QED) is 0.727. The first-order valence-corrected chi connectivity index (χ1v) is 7.05. The molecule has 18 heavy (non-hydrogen) atoms. The maximum absolute atomic E-state index is 4.34.